The number of carbonyl (C=O) groups excluding carboxylic acids is 1. The molecule has 0 bridgehead atoms. The van der Waals surface area contributed by atoms with Crippen molar-refractivity contribution in [2.45, 2.75) is 25.7 Å². The van der Waals surface area contributed by atoms with Crippen LogP contribution in [0.2, 0.25) is 0 Å². The zero-order chi connectivity index (χ0) is 15.4. The lowest BCUT2D eigenvalue weighted by atomic mass is 9.93. The first kappa shape index (κ1) is 15.1. The molecule has 1 fully saturated rings. The number of benzene rings is 1. The van der Waals surface area contributed by atoms with Crippen molar-refractivity contribution in [2.24, 2.45) is 5.92 Å². The van der Waals surface area contributed by atoms with E-state index >= 15 is 0 Å². The van der Waals surface area contributed by atoms with Crippen molar-refractivity contribution < 1.29 is 4.79 Å². The van der Waals surface area contributed by atoms with Gasteiger partial charge in [0.2, 0.25) is 5.91 Å². The van der Waals surface area contributed by atoms with Gasteiger partial charge in [-0.1, -0.05) is 18.2 Å². The third-order valence-electron chi connectivity index (χ3n) is 4.70. The summed E-state index contributed by atoms with van der Waals surface area (Å²) >= 11 is 0. The van der Waals surface area contributed by atoms with E-state index in [-0.39, 0.29) is 5.91 Å². The highest BCUT2D eigenvalue weighted by molar-refractivity contribution is 5.83. The summed E-state index contributed by atoms with van der Waals surface area (Å²) in [6.45, 7) is 2.95. The Morgan fingerprint density at radius 1 is 1.32 bits per heavy atom. The van der Waals surface area contributed by atoms with Crippen LogP contribution in [0.3, 0.4) is 0 Å². The van der Waals surface area contributed by atoms with Crippen molar-refractivity contribution in [2.75, 3.05) is 26.7 Å². The fourth-order valence-electron chi connectivity index (χ4n) is 3.28. The number of aromatic nitrogens is 1. The molecular weight excluding hydrogens is 274 g/mol. The molecule has 0 atom stereocenters. The predicted molar refractivity (Wildman–Crippen MR) is 89.9 cm³/mol. The number of carbonyl (C=O) groups is 1. The minimum Gasteiger partial charge on any atom is -0.361 e. The zero-order valence-electron chi connectivity index (χ0n) is 13.3. The lowest BCUT2D eigenvalue weighted by Crippen LogP contribution is -2.34. The van der Waals surface area contributed by atoms with Gasteiger partial charge in [0.15, 0.2) is 0 Å². The van der Waals surface area contributed by atoms with Gasteiger partial charge in [0, 0.05) is 30.1 Å². The molecule has 0 aliphatic carbocycles. The number of amides is 1. The quantitative estimate of drug-likeness (QED) is 0.891. The highest BCUT2D eigenvalue weighted by atomic mass is 16.1. The van der Waals surface area contributed by atoms with Crippen molar-refractivity contribution in [1.82, 2.24) is 15.2 Å². The monoisotopic (exact) mass is 299 g/mol. The highest BCUT2D eigenvalue weighted by Gasteiger charge is 2.19. The van der Waals surface area contributed by atoms with Gasteiger partial charge in [-0.15, -0.1) is 0 Å². The number of rotatable bonds is 5. The van der Waals surface area contributed by atoms with E-state index in [4.69, 9.17) is 0 Å². The summed E-state index contributed by atoms with van der Waals surface area (Å²) in [6.07, 6.45) is 5.90. The van der Waals surface area contributed by atoms with Crippen LogP contribution in [0.4, 0.5) is 0 Å². The average Bonchev–Trinajstić information content (AvgIpc) is 2.93. The van der Waals surface area contributed by atoms with E-state index in [1.807, 2.05) is 12.3 Å². The number of piperidine rings is 1. The van der Waals surface area contributed by atoms with Crippen LogP contribution < -0.4 is 5.32 Å². The second kappa shape index (κ2) is 6.97. The van der Waals surface area contributed by atoms with Crippen LogP contribution in [0, 0.1) is 5.92 Å². The first-order chi connectivity index (χ1) is 10.7. The minimum absolute atomic E-state index is 0.203. The van der Waals surface area contributed by atoms with E-state index in [1.54, 1.807) is 0 Å². The lowest BCUT2D eigenvalue weighted by molar-refractivity contribution is -0.122. The molecule has 118 valence electrons. The molecule has 4 heteroatoms. The third kappa shape index (κ3) is 3.69. The number of para-hydroxylation sites is 1. The topological polar surface area (TPSA) is 48.1 Å². The molecule has 0 saturated carbocycles. The van der Waals surface area contributed by atoms with Crippen LogP contribution in [0.15, 0.2) is 30.5 Å². The molecule has 2 heterocycles. The van der Waals surface area contributed by atoms with Gasteiger partial charge in [0.25, 0.3) is 0 Å². The summed E-state index contributed by atoms with van der Waals surface area (Å²) in [5.41, 5.74) is 2.44. The molecule has 1 aromatic carbocycles. The number of hydrogen-bond donors (Lipinski definition) is 2. The third-order valence-corrected chi connectivity index (χ3v) is 4.70. The summed E-state index contributed by atoms with van der Waals surface area (Å²) in [5, 5.41) is 4.33. The number of nitrogens with one attached hydrogen (secondary N) is 2. The second-order valence-corrected chi connectivity index (χ2v) is 6.41. The molecule has 3 rings (SSSR count). The Morgan fingerprint density at radius 3 is 2.91 bits per heavy atom. The van der Waals surface area contributed by atoms with Gasteiger partial charge in [-0.3, -0.25) is 4.79 Å². The molecule has 0 unspecified atom stereocenters. The number of nitrogens with zero attached hydrogens (tertiary/aromatic N) is 1. The van der Waals surface area contributed by atoms with Gasteiger partial charge in [0.05, 0.1) is 0 Å². The van der Waals surface area contributed by atoms with Crippen LogP contribution in [0.5, 0.6) is 0 Å². The Kier molecular flexibility index (Phi) is 4.78. The Labute approximate surface area is 131 Å². The fourth-order valence-corrected chi connectivity index (χ4v) is 3.28. The molecule has 1 aromatic heterocycles. The van der Waals surface area contributed by atoms with Crippen LogP contribution in [0.25, 0.3) is 10.9 Å². The van der Waals surface area contributed by atoms with E-state index in [0.717, 1.165) is 37.9 Å². The number of aromatic amines is 1. The first-order valence-corrected chi connectivity index (χ1v) is 8.22. The van der Waals surface area contributed by atoms with E-state index in [9.17, 15) is 4.79 Å². The summed E-state index contributed by atoms with van der Waals surface area (Å²) in [4.78, 5) is 17.7. The van der Waals surface area contributed by atoms with E-state index in [0.29, 0.717) is 18.9 Å². The van der Waals surface area contributed by atoms with E-state index in [1.165, 1.54) is 10.9 Å². The van der Waals surface area contributed by atoms with E-state index < -0.39 is 0 Å². The van der Waals surface area contributed by atoms with Gasteiger partial charge in [-0.05, 0) is 56.9 Å². The lowest BCUT2D eigenvalue weighted by Gasteiger charge is -2.28. The molecule has 4 nitrogen and oxygen atoms in total. The Morgan fingerprint density at radius 2 is 2.09 bits per heavy atom. The summed E-state index contributed by atoms with van der Waals surface area (Å²) in [6, 6.07) is 8.30. The zero-order valence-corrected chi connectivity index (χ0v) is 13.3. The molecule has 0 radical (unpaired) electrons. The minimum atomic E-state index is 0.203. The molecule has 22 heavy (non-hydrogen) atoms. The Balaban J connectivity index is 1.44. The molecular formula is C18H25N3O. The number of hydrogen-bond acceptors (Lipinski definition) is 2. The maximum absolute atomic E-state index is 12.1. The van der Waals surface area contributed by atoms with Crippen molar-refractivity contribution in [1.29, 1.82) is 0 Å². The molecule has 1 saturated heterocycles. The maximum atomic E-state index is 12.1. The number of likely N-dealkylation sites (tertiary alicyclic amines) is 1. The molecule has 2 N–H and O–H groups in total. The molecule has 2 aromatic rings. The molecule has 1 amide bonds. The number of H-pyrrole nitrogens is 1. The Hall–Kier alpha value is -1.81. The summed E-state index contributed by atoms with van der Waals surface area (Å²) in [7, 11) is 2.15. The normalized spacial score (nSPS) is 17.0. The van der Waals surface area contributed by atoms with Gasteiger partial charge in [0.1, 0.15) is 0 Å². The van der Waals surface area contributed by atoms with Gasteiger partial charge >= 0.3 is 0 Å². The molecule has 1 aliphatic heterocycles. The van der Waals surface area contributed by atoms with Crippen molar-refractivity contribution in [3.05, 3.63) is 36.0 Å². The van der Waals surface area contributed by atoms with Crippen LogP contribution in [0.1, 0.15) is 24.8 Å². The van der Waals surface area contributed by atoms with Gasteiger partial charge < -0.3 is 15.2 Å². The smallest absolute Gasteiger partial charge is 0.220 e. The standard InChI is InChI=1S/C18H25N3O/c1-21-10-7-14(8-11-21)12-18(22)19-9-6-15-13-20-17-5-3-2-4-16(15)17/h2-5,13-14,20H,6-12H2,1H3,(H,19,22). The number of fused-ring (bicyclic) bond motifs is 1. The second-order valence-electron chi connectivity index (χ2n) is 6.41. The maximum Gasteiger partial charge on any atom is 0.220 e. The highest BCUT2D eigenvalue weighted by Crippen LogP contribution is 2.20. The SMILES string of the molecule is CN1CCC(CC(=O)NCCc2c[nH]c3ccccc23)CC1. The van der Waals surface area contributed by atoms with Crippen LogP contribution >= 0.6 is 0 Å². The van der Waals surface area contributed by atoms with Gasteiger partial charge in [-0.25, -0.2) is 0 Å². The predicted octanol–water partition coefficient (Wildman–Crippen LogP) is 2.56. The summed E-state index contributed by atoms with van der Waals surface area (Å²) < 4.78 is 0. The van der Waals surface area contributed by atoms with Crippen LogP contribution in [-0.2, 0) is 11.2 Å². The van der Waals surface area contributed by atoms with Gasteiger partial charge in [-0.2, -0.15) is 0 Å². The largest absolute Gasteiger partial charge is 0.361 e. The van der Waals surface area contributed by atoms with Crippen molar-refractivity contribution in [3.63, 3.8) is 0 Å². The van der Waals surface area contributed by atoms with Crippen molar-refractivity contribution >= 4 is 16.8 Å². The molecule has 1 aliphatic rings. The average molecular weight is 299 g/mol. The summed E-state index contributed by atoms with van der Waals surface area (Å²) in [5.74, 6) is 0.763. The fraction of sp³-hybridized carbons (Fsp3) is 0.500. The molecule has 0 spiro atoms. The van der Waals surface area contributed by atoms with Crippen molar-refractivity contribution in [3.8, 4) is 0 Å². The Bertz CT molecular complexity index is 626. The first-order valence-electron chi connectivity index (χ1n) is 8.22. The van der Waals surface area contributed by atoms with Crippen LogP contribution in [-0.4, -0.2) is 42.5 Å². The van der Waals surface area contributed by atoms with E-state index in [2.05, 4.69) is 40.4 Å².